The monoisotopic (exact) mass is 726 g/mol. The predicted octanol–water partition coefficient (Wildman–Crippen LogP) is 13.4. The van der Waals surface area contributed by atoms with Crippen LogP contribution in [0.4, 0.5) is 0 Å². The zero-order valence-corrected chi connectivity index (χ0v) is 30.5. The second-order valence-corrected chi connectivity index (χ2v) is 14.3. The summed E-state index contributed by atoms with van der Waals surface area (Å²) in [6.45, 7) is 0. The molecule has 5 nitrogen and oxygen atoms in total. The van der Waals surface area contributed by atoms with Crippen molar-refractivity contribution >= 4 is 54.3 Å². The smallest absolute Gasteiger partial charge is 0.168 e. The van der Waals surface area contributed by atoms with E-state index >= 15 is 0 Å². The molecule has 11 rings (SSSR count). The van der Waals surface area contributed by atoms with Gasteiger partial charge in [0.1, 0.15) is 11.2 Å². The molecule has 0 N–H and O–H groups in total. The van der Waals surface area contributed by atoms with Gasteiger partial charge in [-0.3, -0.25) is 0 Å². The Morgan fingerprint density at radius 1 is 0.368 bits per heavy atom. The number of fused-ring (bicyclic) bond motifs is 9. The van der Waals surface area contributed by atoms with E-state index < -0.39 is 0 Å². The van der Waals surface area contributed by atoms with E-state index in [2.05, 4.69) is 115 Å². The summed E-state index contributed by atoms with van der Waals surface area (Å²) in [6.07, 6.45) is 0. The largest absolute Gasteiger partial charge is 0.455 e. The highest BCUT2D eigenvalue weighted by atomic mass is 16.3. The lowest BCUT2D eigenvalue weighted by Gasteiger charge is -2.14. The molecular formula is C52H30N4O. The van der Waals surface area contributed by atoms with Crippen LogP contribution in [-0.2, 0) is 0 Å². The Morgan fingerprint density at radius 3 is 1.53 bits per heavy atom. The molecule has 0 aliphatic carbocycles. The fraction of sp³-hybridized carbons (Fsp3) is 0. The number of nitrogens with zero attached hydrogens (tertiary/aromatic N) is 4. The number of nitriles is 1. The molecule has 0 amide bonds. The van der Waals surface area contributed by atoms with E-state index in [1.807, 2.05) is 72.8 Å². The molecule has 57 heavy (non-hydrogen) atoms. The van der Waals surface area contributed by atoms with Crippen molar-refractivity contribution in [2.45, 2.75) is 0 Å². The minimum atomic E-state index is 0.526. The maximum atomic E-state index is 9.31. The van der Waals surface area contributed by atoms with Crippen LogP contribution in [0.1, 0.15) is 5.56 Å². The van der Waals surface area contributed by atoms with Gasteiger partial charge in [-0.2, -0.15) is 5.26 Å². The molecule has 264 valence electrons. The summed E-state index contributed by atoms with van der Waals surface area (Å²) < 4.78 is 6.73. The first-order valence-electron chi connectivity index (χ1n) is 18.9. The molecule has 0 aliphatic heterocycles. The maximum Gasteiger partial charge on any atom is 0.168 e. The minimum absolute atomic E-state index is 0.526. The molecule has 2 aromatic heterocycles. The summed E-state index contributed by atoms with van der Waals surface area (Å²) in [5.74, 6) is 1.68. The number of aromatic nitrogens is 3. The van der Waals surface area contributed by atoms with Gasteiger partial charge in [0.15, 0.2) is 17.5 Å². The Morgan fingerprint density at radius 2 is 0.860 bits per heavy atom. The van der Waals surface area contributed by atoms with Crippen molar-refractivity contribution in [2.75, 3.05) is 0 Å². The fourth-order valence-corrected chi connectivity index (χ4v) is 8.21. The van der Waals surface area contributed by atoms with Crippen molar-refractivity contribution < 1.29 is 4.42 Å². The van der Waals surface area contributed by atoms with E-state index in [4.69, 9.17) is 19.4 Å². The second-order valence-electron chi connectivity index (χ2n) is 14.3. The summed E-state index contributed by atoms with van der Waals surface area (Å²) in [4.78, 5) is 15.7. The highest BCUT2D eigenvalue weighted by Crippen LogP contribution is 2.43. The van der Waals surface area contributed by atoms with E-state index in [1.165, 1.54) is 26.9 Å². The molecule has 11 aromatic rings. The molecule has 0 atom stereocenters. The van der Waals surface area contributed by atoms with Crippen molar-refractivity contribution in [3.05, 3.63) is 188 Å². The van der Waals surface area contributed by atoms with Crippen LogP contribution in [0.25, 0.3) is 111 Å². The summed E-state index contributed by atoms with van der Waals surface area (Å²) in [7, 11) is 0. The second kappa shape index (κ2) is 13.1. The quantitative estimate of drug-likeness (QED) is 0.165. The molecule has 0 bridgehead atoms. The molecule has 0 radical (unpaired) electrons. The number of benzene rings is 9. The molecule has 9 aromatic carbocycles. The zero-order chi connectivity index (χ0) is 37.9. The van der Waals surface area contributed by atoms with E-state index in [1.54, 1.807) is 0 Å². The maximum absolute atomic E-state index is 9.31. The number of furan rings is 1. The molecule has 0 spiro atoms. The van der Waals surface area contributed by atoms with Gasteiger partial charge in [0.25, 0.3) is 0 Å². The van der Waals surface area contributed by atoms with Crippen molar-refractivity contribution in [3.8, 4) is 62.5 Å². The summed E-state index contributed by atoms with van der Waals surface area (Å²) in [5.41, 5.74) is 8.78. The standard InChI is InChI=1S/C52H30N4O/c53-31-32-18-20-33(21-19-32)34-22-24-35(25-23-34)38-28-29-45-44-16-8-9-17-47(44)57-49(45)48(38)52-55-50(36-10-2-1-3-11-36)54-51(56-52)37-26-27-43-41-14-5-4-12-39(41)40-13-6-7-15-42(40)46(43)30-37/h1-30H. The van der Waals surface area contributed by atoms with Crippen molar-refractivity contribution in [3.63, 3.8) is 0 Å². The Bertz CT molecular complexity index is 3360. The van der Waals surface area contributed by atoms with Crippen LogP contribution < -0.4 is 0 Å². The summed E-state index contributed by atoms with van der Waals surface area (Å²) >= 11 is 0. The van der Waals surface area contributed by atoms with Crippen molar-refractivity contribution in [1.82, 2.24) is 15.0 Å². The van der Waals surface area contributed by atoms with Gasteiger partial charge < -0.3 is 4.42 Å². The molecule has 0 saturated carbocycles. The van der Waals surface area contributed by atoms with E-state index in [9.17, 15) is 5.26 Å². The zero-order valence-electron chi connectivity index (χ0n) is 30.5. The Kier molecular flexibility index (Phi) is 7.48. The van der Waals surface area contributed by atoms with Crippen molar-refractivity contribution in [2.24, 2.45) is 0 Å². The summed E-state index contributed by atoms with van der Waals surface area (Å²) in [5, 5.41) is 18.5. The van der Waals surface area contributed by atoms with E-state index in [0.29, 0.717) is 23.0 Å². The molecular weight excluding hydrogens is 697 g/mol. The van der Waals surface area contributed by atoms with Crippen LogP contribution in [0.5, 0.6) is 0 Å². The lowest BCUT2D eigenvalue weighted by atomic mass is 9.93. The number of hydrogen-bond donors (Lipinski definition) is 0. The molecule has 0 unspecified atom stereocenters. The topological polar surface area (TPSA) is 75.6 Å². The predicted molar refractivity (Wildman–Crippen MR) is 232 cm³/mol. The first-order chi connectivity index (χ1) is 28.2. The molecule has 0 saturated heterocycles. The minimum Gasteiger partial charge on any atom is -0.455 e. The normalized spacial score (nSPS) is 11.5. The van der Waals surface area contributed by atoms with Crippen LogP contribution in [0.3, 0.4) is 0 Å². The fourth-order valence-electron chi connectivity index (χ4n) is 8.21. The van der Waals surface area contributed by atoms with Gasteiger partial charge in [-0.25, -0.2) is 15.0 Å². The van der Waals surface area contributed by atoms with Gasteiger partial charge in [0, 0.05) is 21.9 Å². The highest BCUT2D eigenvalue weighted by Gasteiger charge is 2.22. The number of rotatable bonds is 5. The first kappa shape index (κ1) is 32.5. The summed E-state index contributed by atoms with van der Waals surface area (Å²) in [6, 6.07) is 64.6. The van der Waals surface area contributed by atoms with Crippen LogP contribution in [0.2, 0.25) is 0 Å². The van der Waals surface area contributed by atoms with Crippen LogP contribution in [-0.4, -0.2) is 15.0 Å². The SMILES string of the molecule is N#Cc1ccc(-c2ccc(-c3ccc4c(oc5ccccc54)c3-c3nc(-c4ccccc4)nc(-c4ccc5c6ccccc6c6ccccc6c5c4)n3)cc2)cc1. The first-order valence-corrected chi connectivity index (χ1v) is 18.9. The third kappa shape index (κ3) is 5.43. The van der Waals surface area contributed by atoms with E-state index in [-0.39, 0.29) is 0 Å². The van der Waals surface area contributed by atoms with Crippen LogP contribution in [0, 0.1) is 11.3 Å². The van der Waals surface area contributed by atoms with Gasteiger partial charge in [-0.15, -0.1) is 0 Å². The van der Waals surface area contributed by atoms with Gasteiger partial charge >= 0.3 is 0 Å². The van der Waals surface area contributed by atoms with Crippen molar-refractivity contribution in [1.29, 1.82) is 5.26 Å². The Balaban J connectivity index is 1.16. The van der Waals surface area contributed by atoms with Gasteiger partial charge in [-0.05, 0) is 84.9 Å². The lowest BCUT2D eigenvalue weighted by molar-refractivity contribution is 0.669. The average molecular weight is 727 g/mol. The van der Waals surface area contributed by atoms with E-state index in [0.717, 1.165) is 66.3 Å². The number of hydrogen-bond acceptors (Lipinski definition) is 5. The van der Waals surface area contributed by atoms with Gasteiger partial charge in [-0.1, -0.05) is 152 Å². The molecule has 5 heteroatoms. The third-order valence-corrected chi connectivity index (χ3v) is 11.0. The Labute approximate surface area is 327 Å². The lowest BCUT2D eigenvalue weighted by Crippen LogP contribution is -2.01. The van der Waals surface area contributed by atoms with Crippen LogP contribution >= 0.6 is 0 Å². The average Bonchev–Trinajstić information content (AvgIpc) is 3.68. The molecule has 0 fully saturated rings. The van der Waals surface area contributed by atoms with Crippen LogP contribution in [0.15, 0.2) is 186 Å². The molecule has 2 heterocycles. The Hall–Kier alpha value is -7.94. The molecule has 0 aliphatic rings. The third-order valence-electron chi connectivity index (χ3n) is 11.0. The number of para-hydroxylation sites is 1. The van der Waals surface area contributed by atoms with Gasteiger partial charge in [0.05, 0.1) is 17.2 Å². The van der Waals surface area contributed by atoms with Gasteiger partial charge in [0.2, 0.25) is 0 Å². The highest BCUT2D eigenvalue weighted by molar-refractivity contribution is 6.25.